The van der Waals surface area contributed by atoms with Crippen LogP contribution in [0.3, 0.4) is 0 Å². The van der Waals surface area contributed by atoms with Gasteiger partial charge in [-0.3, -0.25) is 0 Å². The Balaban J connectivity index is 2.76. The molecular formula is C11H14F3NO2S. The second kappa shape index (κ2) is 5.71. The smallest absolute Gasteiger partial charge is 0.147 e. The number of sulfone groups is 1. The first kappa shape index (κ1) is 15.0. The summed E-state index contributed by atoms with van der Waals surface area (Å²) in [5, 5.41) is 0. The Morgan fingerprint density at radius 3 is 2.17 bits per heavy atom. The molecule has 0 saturated carbocycles. The van der Waals surface area contributed by atoms with Crippen LogP contribution in [0.15, 0.2) is 12.1 Å². The molecule has 0 radical (unpaired) electrons. The molecule has 0 saturated heterocycles. The largest absolute Gasteiger partial charge is 0.324 e. The standard InChI is InChI=1S/C11H14F3NO2S/c1-18(16,17)4-2-3-10(15)11-8(13)5-7(12)6-9(11)14/h5-6,10H,2-4,15H2,1H3. The van der Waals surface area contributed by atoms with Gasteiger partial charge in [0.1, 0.15) is 27.3 Å². The van der Waals surface area contributed by atoms with Gasteiger partial charge in [-0.2, -0.15) is 0 Å². The fraction of sp³-hybridized carbons (Fsp3) is 0.455. The minimum Gasteiger partial charge on any atom is -0.324 e. The highest BCUT2D eigenvalue weighted by Gasteiger charge is 2.18. The molecule has 0 aliphatic rings. The Kier molecular flexibility index (Phi) is 4.75. The topological polar surface area (TPSA) is 60.2 Å². The van der Waals surface area contributed by atoms with E-state index in [2.05, 4.69) is 0 Å². The zero-order chi connectivity index (χ0) is 13.9. The number of rotatable bonds is 5. The Hall–Kier alpha value is -1.08. The van der Waals surface area contributed by atoms with Crippen LogP contribution in [0.25, 0.3) is 0 Å². The minimum atomic E-state index is -3.13. The molecule has 1 atom stereocenters. The molecule has 0 aromatic heterocycles. The molecule has 0 aliphatic heterocycles. The minimum absolute atomic E-state index is 0.104. The second-order valence-corrected chi connectivity index (χ2v) is 6.42. The predicted octanol–water partition coefficient (Wildman–Crippen LogP) is 1.93. The number of hydrogen-bond donors (Lipinski definition) is 1. The van der Waals surface area contributed by atoms with Crippen molar-refractivity contribution in [1.82, 2.24) is 0 Å². The average molecular weight is 281 g/mol. The molecule has 0 amide bonds. The van der Waals surface area contributed by atoms with Gasteiger partial charge in [-0.15, -0.1) is 0 Å². The molecule has 7 heteroatoms. The molecule has 0 bridgehead atoms. The summed E-state index contributed by atoms with van der Waals surface area (Å²) in [4.78, 5) is 0. The van der Waals surface area contributed by atoms with Crippen LogP contribution in [0, 0.1) is 17.5 Å². The highest BCUT2D eigenvalue weighted by atomic mass is 32.2. The normalized spacial score (nSPS) is 13.6. The maximum atomic E-state index is 13.3. The molecule has 18 heavy (non-hydrogen) atoms. The van der Waals surface area contributed by atoms with Gasteiger partial charge in [0, 0.05) is 35.7 Å². The van der Waals surface area contributed by atoms with Gasteiger partial charge >= 0.3 is 0 Å². The molecular weight excluding hydrogens is 267 g/mol. The van der Waals surface area contributed by atoms with Crippen molar-refractivity contribution in [3.63, 3.8) is 0 Å². The van der Waals surface area contributed by atoms with Gasteiger partial charge in [0.15, 0.2) is 0 Å². The van der Waals surface area contributed by atoms with Crippen molar-refractivity contribution in [2.45, 2.75) is 18.9 Å². The average Bonchev–Trinajstić information content (AvgIpc) is 2.13. The molecule has 1 aromatic rings. The Morgan fingerprint density at radius 2 is 1.72 bits per heavy atom. The van der Waals surface area contributed by atoms with E-state index in [1.54, 1.807) is 0 Å². The van der Waals surface area contributed by atoms with Crippen molar-refractivity contribution in [2.75, 3.05) is 12.0 Å². The number of halogens is 3. The van der Waals surface area contributed by atoms with Gasteiger partial charge in [0.25, 0.3) is 0 Å². The molecule has 2 N–H and O–H groups in total. The Morgan fingerprint density at radius 1 is 1.22 bits per heavy atom. The maximum absolute atomic E-state index is 13.3. The van der Waals surface area contributed by atoms with E-state index < -0.39 is 38.9 Å². The monoisotopic (exact) mass is 281 g/mol. The number of hydrogen-bond acceptors (Lipinski definition) is 3. The van der Waals surface area contributed by atoms with Gasteiger partial charge in [0.2, 0.25) is 0 Å². The quantitative estimate of drug-likeness (QED) is 0.897. The third kappa shape index (κ3) is 4.30. The SMILES string of the molecule is CS(=O)(=O)CCCC(N)c1c(F)cc(F)cc1F. The van der Waals surface area contributed by atoms with E-state index in [0.717, 1.165) is 6.26 Å². The van der Waals surface area contributed by atoms with Crippen molar-refractivity contribution in [2.24, 2.45) is 5.73 Å². The molecule has 102 valence electrons. The fourth-order valence-electron chi connectivity index (χ4n) is 1.62. The molecule has 1 unspecified atom stereocenters. The number of nitrogens with two attached hydrogens (primary N) is 1. The summed E-state index contributed by atoms with van der Waals surface area (Å²) in [6.07, 6.45) is 1.36. The predicted molar refractivity (Wildman–Crippen MR) is 62.2 cm³/mol. The third-order valence-corrected chi connectivity index (χ3v) is 3.48. The lowest BCUT2D eigenvalue weighted by Crippen LogP contribution is -2.16. The number of benzene rings is 1. The fourth-order valence-corrected chi connectivity index (χ4v) is 2.31. The van der Waals surface area contributed by atoms with E-state index in [4.69, 9.17) is 5.73 Å². The van der Waals surface area contributed by atoms with Crippen molar-refractivity contribution in [1.29, 1.82) is 0 Å². The van der Waals surface area contributed by atoms with E-state index in [1.807, 2.05) is 0 Å². The van der Waals surface area contributed by atoms with Crippen LogP contribution in [0.4, 0.5) is 13.2 Å². The molecule has 0 aliphatic carbocycles. The van der Waals surface area contributed by atoms with Crippen LogP contribution in [-0.4, -0.2) is 20.4 Å². The van der Waals surface area contributed by atoms with Crippen molar-refractivity contribution >= 4 is 9.84 Å². The molecule has 0 fully saturated rings. The molecule has 0 spiro atoms. The van der Waals surface area contributed by atoms with Gasteiger partial charge in [-0.1, -0.05) is 0 Å². The first-order valence-corrected chi connectivity index (χ1v) is 7.34. The summed E-state index contributed by atoms with van der Waals surface area (Å²) < 4.78 is 61.1. The van der Waals surface area contributed by atoms with Crippen LogP contribution in [-0.2, 0) is 9.84 Å². The van der Waals surface area contributed by atoms with Crippen LogP contribution in [0.1, 0.15) is 24.4 Å². The van der Waals surface area contributed by atoms with Gasteiger partial charge < -0.3 is 5.73 Å². The summed E-state index contributed by atoms with van der Waals surface area (Å²) in [7, 11) is -3.13. The van der Waals surface area contributed by atoms with Crippen LogP contribution in [0.5, 0.6) is 0 Å². The van der Waals surface area contributed by atoms with Gasteiger partial charge in [0.05, 0.1) is 0 Å². The van der Waals surface area contributed by atoms with E-state index >= 15 is 0 Å². The zero-order valence-corrected chi connectivity index (χ0v) is 10.6. The van der Waals surface area contributed by atoms with E-state index in [1.165, 1.54) is 0 Å². The molecule has 0 heterocycles. The summed E-state index contributed by atoms with van der Waals surface area (Å²) in [6.45, 7) is 0. The van der Waals surface area contributed by atoms with Crippen LogP contribution in [0.2, 0.25) is 0 Å². The van der Waals surface area contributed by atoms with E-state index in [9.17, 15) is 21.6 Å². The summed E-state index contributed by atoms with van der Waals surface area (Å²) in [5.41, 5.74) is 5.17. The summed E-state index contributed by atoms with van der Waals surface area (Å²) in [6, 6.07) is 0.108. The lowest BCUT2D eigenvalue weighted by Gasteiger charge is -2.13. The maximum Gasteiger partial charge on any atom is 0.147 e. The summed E-state index contributed by atoms with van der Waals surface area (Å²) >= 11 is 0. The molecule has 1 aromatic carbocycles. The van der Waals surface area contributed by atoms with Crippen LogP contribution < -0.4 is 5.73 Å². The highest BCUT2D eigenvalue weighted by Crippen LogP contribution is 2.23. The first-order chi connectivity index (χ1) is 8.20. The van der Waals surface area contributed by atoms with Gasteiger partial charge in [-0.05, 0) is 12.8 Å². The highest BCUT2D eigenvalue weighted by molar-refractivity contribution is 7.90. The Bertz CT molecular complexity index is 508. The van der Waals surface area contributed by atoms with Crippen LogP contribution >= 0.6 is 0 Å². The van der Waals surface area contributed by atoms with Crippen molar-refractivity contribution in [3.8, 4) is 0 Å². The van der Waals surface area contributed by atoms with Crippen molar-refractivity contribution in [3.05, 3.63) is 35.1 Å². The Labute approximate surface area is 104 Å². The van der Waals surface area contributed by atoms with Crippen molar-refractivity contribution < 1.29 is 21.6 Å². The third-order valence-electron chi connectivity index (χ3n) is 2.44. The first-order valence-electron chi connectivity index (χ1n) is 5.28. The summed E-state index contributed by atoms with van der Waals surface area (Å²) in [5.74, 6) is -3.23. The van der Waals surface area contributed by atoms with E-state index in [0.29, 0.717) is 12.1 Å². The lowest BCUT2D eigenvalue weighted by molar-refractivity contribution is 0.491. The molecule has 1 rings (SSSR count). The second-order valence-electron chi connectivity index (χ2n) is 4.16. The molecule has 3 nitrogen and oxygen atoms in total. The van der Waals surface area contributed by atoms with Gasteiger partial charge in [-0.25, -0.2) is 21.6 Å². The zero-order valence-electron chi connectivity index (χ0n) is 9.79. The lowest BCUT2D eigenvalue weighted by atomic mass is 10.0. The van der Waals surface area contributed by atoms with E-state index in [-0.39, 0.29) is 18.6 Å².